The van der Waals surface area contributed by atoms with Crippen molar-refractivity contribution in [1.82, 2.24) is 4.90 Å². The molecule has 1 N–H and O–H groups in total. The fourth-order valence-electron chi connectivity index (χ4n) is 3.79. The maximum Gasteiger partial charge on any atom is 0.305 e. The number of hydrogen-bond donors (Lipinski definition) is 1. The summed E-state index contributed by atoms with van der Waals surface area (Å²) in [7, 11) is 4.11. The smallest absolute Gasteiger partial charge is 0.305 e. The molecule has 1 aliphatic carbocycles. The van der Waals surface area contributed by atoms with Gasteiger partial charge in [-0.15, -0.1) is 0 Å². The summed E-state index contributed by atoms with van der Waals surface area (Å²) in [6, 6.07) is 7.80. The van der Waals surface area contributed by atoms with Gasteiger partial charge in [0, 0.05) is 18.9 Å². The maximum absolute atomic E-state index is 11.4. The van der Waals surface area contributed by atoms with Crippen LogP contribution in [0.4, 0.5) is 0 Å². The third-order valence-corrected chi connectivity index (χ3v) is 5.05. The number of esters is 1. The van der Waals surface area contributed by atoms with Gasteiger partial charge in [0.2, 0.25) is 0 Å². The average Bonchev–Trinajstić information content (AvgIpc) is 2.61. The summed E-state index contributed by atoms with van der Waals surface area (Å²) in [6.45, 7) is 3.55. The van der Waals surface area contributed by atoms with Gasteiger partial charge in [-0.1, -0.05) is 25.0 Å². The molecule has 2 unspecified atom stereocenters. The van der Waals surface area contributed by atoms with Crippen LogP contribution < -0.4 is 4.74 Å². The summed E-state index contributed by atoms with van der Waals surface area (Å²) >= 11 is 0. The van der Waals surface area contributed by atoms with Crippen LogP contribution in [0.25, 0.3) is 0 Å². The van der Waals surface area contributed by atoms with Crippen molar-refractivity contribution < 1.29 is 19.4 Å². The Labute approximate surface area is 157 Å². The van der Waals surface area contributed by atoms with Gasteiger partial charge in [-0.2, -0.15) is 0 Å². The van der Waals surface area contributed by atoms with Crippen LogP contribution in [0.3, 0.4) is 0 Å². The van der Waals surface area contributed by atoms with Crippen molar-refractivity contribution in [3.8, 4) is 5.75 Å². The second-order valence-electron chi connectivity index (χ2n) is 7.41. The Morgan fingerprint density at radius 3 is 2.88 bits per heavy atom. The molecule has 1 aromatic rings. The van der Waals surface area contributed by atoms with Gasteiger partial charge in [0.1, 0.15) is 5.75 Å². The molecule has 0 heterocycles. The standard InChI is InChI=1S/C21H33NO4/c1-4-25-20(23)12-8-14-26-19-11-7-10-17(15-19)21(24)13-6-5-9-18(21)16-22(2)3/h7,10-11,15,18,24H,4-6,8-9,12-14,16H2,1-3H3. The summed E-state index contributed by atoms with van der Waals surface area (Å²) in [6.07, 6.45) is 5.03. The zero-order valence-electron chi connectivity index (χ0n) is 16.4. The third-order valence-electron chi connectivity index (χ3n) is 5.05. The molecule has 26 heavy (non-hydrogen) atoms. The predicted molar refractivity (Wildman–Crippen MR) is 102 cm³/mol. The molecular formula is C21H33NO4. The molecule has 5 heteroatoms. The van der Waals surface area contributed by atoms with Gasteiger partial charge in [-0.25, -0.2) is 0 Å². The fraction of sp³-hybridized carbons (Fsp3) is 0.667. The van der Waals surface area contributed by atoms with E-state index in [0.717, 1.165) is 37.1 Å². The van der Waals surface area contributed by atoms with Gasteiger partial charge < -0.3 is 19.5 Å². The number of aliphatic hydroxyl groups is 1. The fourth-order valence-corrected chi connectivity index (χ4v) is 3.79. The second-order valence-corrected chi connectivity index (χ2v) is 7.41. The Balaban J connectivity index is 1.99. The van der Waals surface area contributed by atoms with Crippen molar-refractivity contribution in [2.75, 3.05) is 33.9 Å². The van der Waals surface area contributed by atoms with Crippen LogP contribution in [0.5, 0.6) is 5.75 Å². The minimum atomic E-state index is -0.799. The van der Waals surface area contributed by atoms with E-state index in [2.05, 4.69) is 19.0 Å². The summed E-state index contributed by atoms with van der Waals surface area (Å²) < 4.78 is 10.7. The first-order chi connectivity index (χ1) is 12.5. The summed E-state index contributed by atoms with van der Waals surface area (Å²) in [5.74, 6) is 0.784. The normalized spacial score (nSPS) is 23.0. The Hall–Kier alpha value is -1.59. The average molecular weight is 363 g/mol. The molecule has 0 radical (unpaired) electrons. The number of carbonyl (C=O) groups excluding carboxylic acids is 1. The molecule has 1 aromatic carbocycles. The zero-order valence-corrected chi connectivity index (χ0v) is 16.4. The molecule has 0 aliphatic heterocycles. The Morgan fingerprint density at radius 2 is 2.15 bits per heavy atom. The van der Waals surface area contributed by atoms with Crippen LogP contribution >= 0.6 is 0 Å². The lowest BCUT2D eigenvalue weighted by atomic mass is 9.71. The van der Waals surface area contributed by atoms with Crippen LogP contribution in [0.1, 0.15) is 51.0 Å². The monoisotopic (exact) mass is 363 g/mol. The number of nitrogens with zero attached hydrogens (tertiary/aromatic N) is 1. The first kappa shape index (κ1) is 20.7. The van der Waals surface area contributed by atoms with Crippen molar-refractivity contribution in [3.05, 3.63) is 29.8 Å². The minimum Gasteiger partial charge on any atom is -0.494 e. The predicted octanol–water partition coefficient (Wildman–Crippen LogP) is 3.35. The third kappa shape index (κ3) is 5.71. The maximum atomic E-state index is 11.4. The summed E-state index contributed by atoms with van der Waals surface area (Å²) in [5, 5.41) is 11.4. The van der Waals surface area contributed by atoms with Crippen molar-refractivity contribution in [2.24, 2.45) is 5.92 Å². The van der Waals surface area contributed by atoms with Gasteiger partial charge in [-0.05, 0) is 58.0 Å². The van der Waals surface area contributed by atoms with Gasteiger partial charge in [0.15, 0.2) is 0 Å². The van der Waals surface area contributed by atoms with Crippen molar-refractivity contribution in [2.45, 2.75) is 51.0 Å². The van der Waals surface area contributed by atoms with E-state index >= 15 is 0 Å². The van der Waals surface area contributed by atoms with E-state index in [1.165, 1.54) is 6.42 Å². The highest BCUT2D eigenvalue weighted by Gasteiger charge is 2.40. The van der Waals surface area contributed by atoms with Crippen molar-refractivity contribution >= 4 is 5.97 Å². The lowest BCUT2D eigenvalue weighted by Gasteiger charge is -2.41. The molecule has 0 bridgehead atoms. The van der Waals surface area contributed by atoms with E-state index in [4.69, 9.17) is 9.47 Å². The number of ether oxygens (including phenoxy) is 2. The number of hydrogen-bond acceptors (Lipinski definition) is 5. The Bertz CT molecular complexity index is 575. The molecule has 0 aromatic heterocycles. The summed E-state index contributed by atoms with van der Waals surface area (Å²) in [5.41, 5.74) is 0.138. The molecule has 2 atom stereocenters. The van der Waals surface area contributed by atoms with E-state index < -0.39 is 5.60 Å². The van der Waals surface area contributed by atoms with Crippen LogP contribution in [-0.4, -0.2) is 49.8 Å². The first-order valence-corrected chi connectivity index (χ1v) is 9.71. The highest BCUT2D eigenvalue weighted by molar-refractivity contribution is 5.69. The number of carbonyl (C=O) groups is 1. The Morgan fingerprint density at radius 1 is 1.35 bits per heavy atom. The molecular weight excluding hydrogens is 330 g/mol. The molecule has 146 valence electrons. The van der Waals surface area contributed by atoms with Crippen LogP contribution in [0, 0.1) is 5.92 Å². The second kappa shape index (κ2) is 9.93. The van der Waals surface area contributed by atoms with Crippen molar-refractivity contribution in [3.63, 3.8) is 0 Å². The van der Waals surface area contributed by atoms with Crippen LogP contribution in [-0.2, 0) is 15.1 Å². The van der Waals surface area contributed by atoms with E-state index in [-0.39, 0.29) is 11.9 Å². The van der Waals surface area contributed by atoms with Crippen LogP contribution in [0.2, 0.25) is 0 Å². The van der Waals surface area contributed by atoms with E-state index in [1.807, 2.05) is 24.3 Å². The lowest BCUT2D eigenvalue weighted by molar-refractivity contribution is -0.143. The van der Waals surface area contributed by atoms with Gasteiger partial charge >= 0.3 is 5.97 Å². The van der Waals surface area contributed by atoms with E-state index in [9.17, 15) is 9.90 Å². The first-order valence-electron chi connectivity index (χ1n) is 9.71. The molecule has 0 amide bonds. The molecule has 1 saturated carbocycles. The van der Waals surface area contributed by atoms with Gasteiger partial charge in [0.05, 0.1) is 18.8 Å². The van der Waals surface area contributed by atoms with E-state index in [1.54, 1.807) is 6.92 Å². The largest absolute Gasteiger partial charge is 0.494 e. The molecule has 1 fully saturated rings. The molecule has 0 saturated heterocycles. The van der Waals surface area contributed by atoms with Gasteiger partial charge in [0.25, 0.3) is 0 Å². The molecule has 0 spiro atoms. The lowest BCUT2D eigenvalue weighted by Crippen LogP contribution is -2.43. The van der Waals surface area contributed by atoms with Crippen LogP contribution in [0.15, 0.2) is 24.3 Å². The molecule has 1 aliphatic rings. The van der Waals surface area contributed by atoms with Crippen molar-refractivity contribution in [1.29, 1.82) is 0 Å². The molecule has 2 rings (SSSR count). The Kier molecular flexibility index (Phi) is 7.91. The highest BCUT2D eigenvalue weighted by atomic mass is 16.5. The SMILES string of the molecule is CCOC(=O)CCCOc1cccc(C2(O)CCCCC2CN(C)C)c1. The van der Waals surface area contributed by atoms with Gasteiger partial charge in [-0.3, -0.25) is 4.79 Å². The zero-order chi connectivity index (χ0) is 19.0. The quantitative estimate of drug-likeness (QED) is 0.539. The minimum absolute atomic E-state index is 0.187. The molecule has 5 nitrogen and oxygen atoms in total. The topological polar surface area (TPSA) is 59.0 Å². The van der Waals surface area contributed by atoms with E-state index in [0.29, 0.717) is 26.1 Å². The number of rotatable bonds is 9. The highest BCUT2D eigenvalue weighted by Crippen LogP contribution is 2.42. The number of benzene rings is 1. The summed E-state index contributed by atoms with van der Waals surface area (Å²) in [4.78, 5) is 13.5.